The van der Waals surface area contributed by atoms with Gasteiger partial charge in [0.1, 0.15) is 5.15 Å². The third-order valence-corrected chi connectivity index (χ3v) is 3.52. The van der Waals surface area contributed by atoms with Gasteiger partial charge < -0.3 is 10.4 Å². The highest BCUT2D eigenvalue weighted by atomic mass is 35.5. The number of aryl methyl sites for hydroxylation is 1. The molecule has 1 heterocycles. The van der Waals surface area contributed by atoms with Crippen molar-refractivity contribution in [2.24, 2.45) is 0 Å². The van der Waals surface area contributed by atoms with Crippen molar-refractivity contribution in [2.45, 2.75) is 26.3 Å². The second-order valence-electron chi connectivity index (χ2n) is 4.89. The molecule has 0 aliphatic rings. The molecule has 1 atom stereocenters. The molecule has 6 heteroatoms. The molecule has 1 unspecified atom stereocenters. The monoisotopic (exact) mass is 307 g/mol. The molecule has 21 heavy (non-hydrogen) atoms. The molecule has 0 saturated heterocycles. The minimum atomic E-state index is -0.277. The summed E-state index contributed by atoms with van der Waals surface area (Å²) < 4.78 is 1.54. The van der Waals surface area contributed by atoms with Crippen molar-refractivity contribution in [3.63, 3.8) is 0 Å². The summed E-state index contributed by atoms with van der Waals surface area (Å²) in [6.45, 7) is 3.60. The van der Waals surface area contributed by atoms with Crippen LogP contribution in [0, 0.1) is 6.92 Å². The number of hydrogen-bond acceptors (Lipinski definition) is 3. The Labute approximate surface area is 128 Å². The zero-order valence-electron chi connectivity index (χ0n) is 12.0. The van der Waals surface area contributed by atoms with Gasteiger partial charge in [0.25, 0.3) is 5.91 Å². The lowest BCUT2D eigenvalue weighted by atomic mass is 10.2. The van der Waals surface area contributed by atoms with E-state index >= 15 is 0 Å². The Morgan fingerprint density at radius 1 is 1.43 bits per heavy atom. The number of halogens is 1. The fourth-order valence-electron chi connectivity index (χ4n) is 2.06. The highest BCUT2D eigenvalue weighted by Crippen LogP contribution is 2.23. The molecule has 1 amide bonds. The quantitative estimate of drug-likeness (QED) is 0.891. The Balaban J connectivity index is 2.30. The van der Waals surface area contributed by atoms with Crippen molar-refractivity contribution in [1.29, 1.82) is 0 Å². The molecule has 2 rings (SSSR count). The molecular formula is C15H18ClN3O2. The lowest BCUT2D eigenvalue weighted by Crippen LogP contribution is -2.33. The van der Waals surface area contributed by atoms with Crippen LogP contribution >= 0.6 is 11.6 Å². The van der Waals surface area contributed by atoms with Crippen LogP contribution in [0.3, 0.4) is 0 Å². The van der Waals surface area contributed by atoms with Gasteiger partial charge in [-0.05, 0) is 32.4 Å². The van der Waals surface area contributed by atoms with Crippen LogP contribution in [0.15, 0.2) is 30.3 Å². The van der Waals surface area contributed by atoms with Crippen LogP contribution in [0.4, 0.5) is 0 Å². The van der Waals surface area contributed by atoms with Crippen LogP contribution in [-0.4, -0.2) is 33.4 Å². The first-order valence-corrected chi connectivity index (χ1v) is 7.14. The first-order chi connectivity index (χ1) is 10.0. The van der Waals surface area contributed by atoms with Gasteiger partial charge in [-0.15, -0.1) is 0 Å². The Morgan fingerprint density at radius 2 is 2.10 bits per heavy atom. The van der Waals surface area contributed by atoms with Gasteiger partial charge in [-0.2, -0.15) is 5.10 Å². The molecule has 2 aromatic rings. The summed E-state index contributed by atoms with van der Waals surface area (Å²) in [5.41, 5.74) is 1.73. The SMILES string of the molecule is Cc1nn(-c2ccccc2)c(Cl)c1C(=O)NC(C)CCO. The normalized spacial score (nSPS) is 12.2. The van der Waals surface area contributed by atoms with Crippen molar-refractivity contribution >= 4 is 17.5 Å². The number of hydrogen-bond donors (Lipinski definition) is 2. The molecular weight excluding hydrogens is 290 g/mol. The zero-order chi connectivity index (χ0) is 15.4. The van der Waals surface area contributed by atoms with E-state index in [1.165, 1.54) is 0 Å². The van der Waals surface area contributed by atoms with Crippen molar-refractivity contribution in [3.8, 4) is 5.69 Å². The molecule has 112 valence electrons. The maximum Gasteiger partial charge on any atom is 0.256 e. The summed E-state index contributed by atoms with van der Waals surface area (Å²) in [6.07, 6.45) is 0.495. The van der Waals surface area contributed by atoms with Crippen LogP contribution in [0.1, 0.15) is 29.4 Å². The predicted octanol–water partition coefficient (Wildman–Crippen LogP) is 2.33. The number of para-hydroxylation sites is 1. The van der Waals surface area contributed by atoms with Crippen LogP contribution in [0.5, 0.6) is 0 Å². The maximum atomic E-state index is 12.3. The highest BCUT2D eigenvalue weighted by Gasteiger charge is 2.21. The Kier molecular flexibility index (Phi) is 4.98. The van der Waals surface area contributed by atoms with Gasteiger partial charge in [0.05, 0.1) is 16.9 Å². The van der Waals surface area contributed by atoms with E-state index in [0.717, 1.165) is 5.69 Å². The predicted molar refractivity (Wildman–Crippen MR) is 81.9 cm³/mol. The van der Waals surface area contributed by atoms with E-state index in [-0.39, 0.29) is 23.7 Å². The Bertz CT molecular complexity index is 625. The Hall–Kier alpha value is -1.85. The van der Waals surface area contributed by atoms with Crippen LogP contribution in [-0.2, 0) is 0 Å². The molecule has 0 radical (unpaired) electrons. The second kappa shape index (κ2) is 6.74. The number of carbonyl (C=O) groups is 1. The standard InChI is InChI=1S/C15H18ClN3O2/c1-10(8-9-20)17-15(21)13-11(2)18-19(14(13)16)12-6-4-3-5-7-12/h3-7,10,20H,8-9H2,1-2H3,(H,17,21). The molecule has 0 aliphatic carbocycles. The van der Waals surface area contributed by atoms with Crippen LogP contribution < -0.4 is 5.32 Å². The third-order valence-electron chi connectivity index (χ3n) is 3.17. The van der Waals surface area contributed by atoms with E-state index in [1.54, 1.807) is 11.6 Å². The molecule has 2 N–H and O–H groups in total. The van der Waals surface area contributed by atoms with Gasteiger partial charge in [0, 0.05) is 12.6 Å². The average Bonchev–Trinajstić information content (AvgIpc) is 2.75. The first kappa shape index (κ1) is 15.5. The summed E-state index contributed by atoms with van der Waals surface area (Å²) in [5.74, 6) is -0.277. The van der Waals surface area contributed by atoms with Gasteiger partial charge >= 0.3 is 0 Å². The minimum Gasteiger partial charge on any atom is -0.396 e. The summed E-state index contributed by atoms with van der Waals surface area (Å²) in [4.78, 5) is 12.3. The number of benzene rings is 1. The van der Waals surface area contributed by atoms with Crippen LogP contribution in [0.2, 0.25) is 5.15 Å². The molecule has 1 aromatic carbocycles. The Morgan fingerprint density at radius 3 is 2.71 bits per heavy atom. The lowest BCUT2D eigenvalue weighted by Gasteiger charge is -2.12. The summed E-state index contributed by atoms with van der Waals surface area (Å²) in [6, 6.07) is 9.27. The molecule has 0 fully saturated rings. The van der Waals surface area contributed by atoms with Crippen molar-refractivity contribution in [3.05, 3.63) is 46.7 Å². The van der Waals surface area contributed by atoms with E-state index < -0.39 is 0 Å². The molecule has 5 nitrogen and oxygen atoms in total. The van der Waals surface area contributed by atoms with E-state index in [2.05, 4.69) is 10.4 Å². The minimum absolute atomic E-state index is 0.0252. The van der Waals surface area contributed by atoms with Crippen molar-refractivity contribution < 1.29 is 9.90 Å². The molecule has 0 saturated carbocycles. The number of aliphatic hydroxyl groups is 1. The number of nitrogens with zero attached hydrogens (tertiary/aromatic N) is 2. The average molecular weight is 308 g/mol. The zero-order valence-corrected chi connectivity index (χ0v) is 12.8. The number of aromatic nitrogens is 2. The van der Waals surface area contributed by atoms with Crippen LogP contribution in [0.25, 0.3) is 5.69 Å². The lowest BCUT2D eigenvalue weighted by molar-refractivity contribution is 0.0934. The smallest absolute Gasteiger partial charge is 0.256 e. The van der Waals surface area contributed by atoms with Gasteiger partial charge in [-0.3, -0.25) is 4.79 Å². The number of carbonyl (C=O) groups excluding carboxylic acids is 1. The molecule has 0 bridgehead atoms. The van der Waals surface area contributed by atoms with E-state index in [9.17, 15) is 4.79 Å². The van der Waals surface area contributed by atoms with Gasteiger partial charge in [0.15, 0.2) is 0 Å². The first-order valence-electron chi connectivity index (χ1n) is 6.77. The van der Waals surface area contributed by atoms with Crippen molar-refractivity contribution in [2.75, 3.05) is 6.61 Å². The van der Waals surface area contributed by atoms with Gasteiger partial charge in [-0.1, -0.05) is 29.8 Å². The maximum absolute atomic E-state index is 12.3. The van der Waals surface area contributed by atoms with E-state index in [4.69, 9.17) is 16.7 Å². The van der Waals surface area contributed by atoms with Gasteiger partial charge in [0.2, 0.25) is 0 Å². The molecule has 0 aliphatic heterocycles. The molecule has 1 aromatic heterocycles. The van der Waals surface area contributed by atoms with E-state index in [0.29, 0.717) is 17.7 Å². The van der Waals surface area contributed by atoms with E-state index in [1.807, 2.05) is 37.3 Å². The summed E-state index contributed by atoms with van der Waals surface area (Å²) >= 11 is 6.31. The van der Waals surface area contributed by atoms with Gasteiger partial charge in [-0.25, -0.2) is 4.68 Å². The fourth-order valence-corrected chi connectivity index (χ4v) is 2.42. The number of aliphatic hydroxyl groups excluding tert-OH is 1. The summed E-state index contributed by atoms with van der Waals surface area (Å²) in [7, 11) is 0. The number of amides is 1. The second-order valence-corrected chi connectivity index (χ2v) is 5.24. The number of nitrogens with one attached hydrogen (secondary N) is 1. The highest BCUT2D eigenvalue weighted by molar-refractivity contribution is 6.33. The fraction of sp³-hybridized carbons (Fsp3) is 0.333. The molecule has 0 spiro atoms. The number of rotatable bonds is 5. The third kappa shape index (κ3) is 3.43. The summed E-state index contributed by atoms with van der Waals surface area (Å²) in [5, 5.41) is 16.3. The van der Waals surface area contributed by atoms with Crippen molar-refractivity contribution in [1.82, 2.24) is 15.1 Å². The topological polar surface area (TPSA) is 67.2 Å². The largest absolute Gasteiger partial charge is 0.396 e.